The van der Waals surface area contributed by atoms with Crippen molar-refractivity contribution >= 4 is 39.6 Å². The Kier molecular flexibility index (Phi) is 12.8. The van der Waals surface area contributed by atoms with Crippen molar-refractivity contribution in [3.8, 4) is 5.75 Å². The number of anilines is 1. The maximum atomic E-state index is 13.5. The van der Waals surface area contributed by atoms with Crippen LogP contribution in [0.5, 0.6) is 5.75 Å². The zero-order valence-corrected chi connectivity index (χ0v) is 26.8. The number of nitrogens with one attached hydrogen (secondary N) is 3. The first-order chi connectivity index (χ1) is 22.7. The van der Waals surface area contributed by atoms with E-state index >= 15 is 0 Å². The van der Waals surface area contributed by atoms with E-state index in [0.29, 0.717) is 30.0 Å². The van der Waals surface area contributed by atoms with Crippen molar-refractivity contribution < 1.29 is 27.5 Å². The van der Waals surface area contributed by atoms with Gasteiger partial charge in [-0.05, 0) is 78.1 Å². The van der Waals surface area contributed by atoms with E-state index in [4.69, 9.17) is 4.74 Å². The van der Waals surface area contributed by atoms with E-state index in [9.17, 15) is 22.8 Å². The van der Waals surface area contributed by atoms with Gasteiger partial charge >= 0.3 is 0 Å². The van der Waals surface area contributed by atoms with Crippen LogP contribution < -0.4 is 20.8 Å². The second-order valence-electron chi connectivity index (χ2n) is 10.5. The summed E-state index contributed by atoms with van der Waals surface area (Å²) >= 11 is 0. The van der Waals surface area contributed by atoms with Crippen LogP contribution in [0.3, 0.4) is 0 Å². The number of nitrogens with zero attached hydrogens (tertiary/aromatic N) is 2. The molecule has 0 aliphatic carbocycles. The van der Waals surface area contributed by atoms with Gasteiger partial charge in [0, 0.05) is 25.7 Å². The number of carbonyl (C=O) groups is 3. The van der Waals surface area contributed by atoms with Gasteiger partial charge in [-0.15, -0.1) is 0 Å². The molecule has 3 N–H and O–H groups in total. The lowest BCUT2D eigenvalue weighted by molar-refractivity contribution is -0.123. The quantitative estimate of drug-likeness (QED) is 0.124. The number of carbonyl (C=O) groups excluding carboxylic acids is 3. The maximum Gasteiger partial charge on any atom is 0.257 e. The molecule has 0 spiro atoms. The molecule has 12 heteroatoms. The molecule has 4 aromatic carbocycles. The van der Waals surface area contributed by atoms with Gasteiger partial charge in [-0.1, -0.05) is 60.7 Å². The molecular formula is C35H37N5O6S. The standard InChI is InChI=1S/C35H37N5O6S/c1-27(41)38-31-14-18-33(19-15-31)47(44,45)40(23-21-29-10-6-3-7-11-29)25-34(42)39-37-24-30-12-16-32(17-13-30)46-26-35(43)36-22-20-28-8-4-2-5-9-28/h2-19,24H,20-23,25-26H2,1H3,(H,36,43)(H,38,41)(H,39,42)/b37-24+. The summed E-state index contributed by atoms with van der Waals surface area (Å²) in [7, 11) is -4.06. The molecule has 11 nitrogen and oxygen atoms in total. The highest BCUT2D eigenvalue weighted by atomic mass is 32.2. The summed E-state index contributed by atoms with van der Waals surface area (Å²) in [6.07, 6.45) is 2.54. The molecule has 0 heterocycles. The first-order valence-corrected chi connectivity index (χ1v) is 16.4. The number of hydrazone groups is 1. The van der Waals surface area contributed by atoms with Crippen molar-refractivity contribution in [3.63, 3.8) is 0 Å². The Morgan fingerprint density at radius 1 is 0.787 bits per heavy atom. The molecule has 0 atom stereocenters. The van der Waals surface area contributed by atoms with Gasteiger partial charge in [-0.2, -0.15) is 9.41 Å². The Balaban J connectivity index is 1.29. The zero-order valence-electron chi connectivity index (χ0n) is 26.0. The number of ether oxygens (including phenoxy) is 1. The summed E-state index contributed by atoms with van der Waals surface area (Å²) in [4.78, 5) is 36.3. The highest BCUT2D eigenvalue weighted by Crippen LogP contribution is 2.19. The Hall–Kier alpha value is -5.33. The number of amides is 3. The molecule has 244 valence electrons. The third kappa shape index (κ3) is 11.5. The van der Waals surface area contributed by atoms with Crippen molar-refractivity contribution in [1.29, 1.82) is 0 Å². The Morgan fingerprint density at radius 3 is 2.02 bits per heavy atom. The van der Waals surface area contributed by atoms with Gasteiger partial charge < -0.3 is 15.4 Å². The monoisotopic (exact) mass is 655 g/mol. The molecule has 0 fully saturated rings. The van der Waals surface area contributed by atoms with Crippen LogP contribution in [0.1, 0.15) is 23.6 Å². The largest absolute Gasteiger partial charge is 0.484 e. The van der Waals surface area contributed by atoms with E-state index in [1.54, 1.807) is 24.3 Å². The summed E-state index contributed by atoms with van der Waals surface area (Å²) in [5.74, 6) is -0.628. The van der Waals surface area contributed by atoms with E-state index in [0.717, 1.165) is 21.9 Å². The Morgan fingerprint density at radius 2 is 1.40 bits per heavy atom. The van der Waals surface area contributed by atoms with E-state index in [1.807, 2.05) is 60.7 Å². The molecule has 4 rings (SSSR count). The average Bonchev–Trinajstić information content (AvgIpc) is 3.07. The molecule has 0 aromatic heterocycles. The molecule has 0 aliphatic heterocycles. The van der Waals surface area contributed by atoms with Gasteiger partial charge in [0.05, 0.1) is 17.7 Å². The average molecular weight is 656 g/mol. The number of hydrogen-bond donors (Lipinski definition) is 3. The minimum absolute atomic E-state index is 0.0112. The van der Waals surface area contributed by atoms with E-state index in [2.05, 4.69) is 21.2 Å². The van der Waals surface area contributed by atoms with Crippen LogP contribution in [0.25, 0.3) is 0 Å². The second-order valence-corrected chi connectivity index (χ2v) is 12.5. The van der Waals surface area contributed by atoms with Gasteiger partial charge in [-0.3, -0.25) is 14.4 Å². The molecule has 0 saturated heterocycles. The van der Waals surface area contributed by atoms with Crippen LogP contribution in [0.2, 0.25) is 0 Å². The second kappa shape index (κ2) is 17.4. The normalized spacial score (nSPS) is 11.3. The van der Waals surface area contributed by atoms with Gasteiger partial charge in [0.15, 0.2) is 6.61 Å². The lowest BCUT2D eigenvalue weighted by atomic mass is 10.1. The third-order valence-corrected chi connectivity index (χ3v) is 8.72. The van der Waals surface area contributed by atoms with Gasteiger partial charge in [0.1, 0.15) is 5.75 Å². The van der Waals surface area contributed by atoms with Crippen LogP contribution >= 0.6 is 0 Å². The number of sulfonamides is 1. The Bertz CT molecular complexity index is 1750. The highest BCUT2D eigenvalue weighted by molar-refractivity contribution is 7.89. The van der Waals surface area contributed by atoms with Gasteiger partial charge in [0.25, 0.3) is 11.8 Å². The first-order valence-electron chi connectivity index (χ1n) is 15.0. The molecular weight excluding hydrogens is 618 g/mol. The van der Waals surface area contributed by atoms with E-state index in [-0.39, 0.29) is 29.9 Å². The van der Waals surface area contributed by atoms with Crippen LogP contribution in [0.4, 0.5) is 5.69 Å². The van der Waals surface area contributed by atoms with Crippen molar-refractivity contribution in [1.82, 2.24) is 15.0 Å². The van der Waals surface area contributed by atoms with Crippen LogP contribution in [0.15, 0.2) is 119 Å². The van der Waals surface area contributed by atoms with E-state index < -0.39 is 22.5 Å². The molecule has 0 radical (unpaired) electrons. The maximum absolute atomic E-state index is 13.5. The van der Waals surface area contributed by atoms with Crippen LogP contribution in [-0.2, 0) is 37.2 Å². The zero-order chi connectivity index (χ0) is 33.5. The SMILES string of the molecule is CC(=O)Nc1ccc(S(=O)(=O)N(CCc2ccccc2)CC(=O)N/N=C/c2ccc(OCC(=O)NCCc3ccccc3)cc2)cc1. The fraction of sp³-hybridized carbons (Fsp3) is 0.200. The minimum atomic E-state index is -4.06. The lowest BCUT2D eigenvalue weighted by Crippen LogP contribution is -2.40. The molecule has 4 aromatic rings. The Labute approximate surface area is 274 Å². The summed E-state index contributed by atoms with van der Waals surface area (Å²) in [5, 5.41) is 9.41. The molecule has 0 bridgehead atoms. The van der Waals surface area contributed by atoms with Crippen LogP contribution in [-0.4, -0.2) is 62.9 Å². The molecule has 0 unspecified atom stereocenters. The van der Waals surface area contributed by atoms with Crippen molar-refractivity contribution in [2.24, 2.45) is 5.10 Å². The third-order valence-electron chi connectivity index (χ3n) is 6.86. The number of benzene rings is 4. The number of hydrogen-bond acceptors (Lipinski definition) is 7. The fourth-order valence-corrected chi connectivity index (χ4v) is 5.86. The summed E-state index contributed by atoms with van der Waals surface area (Å²) < 4.78 is 33.7. The lowest BCUT2D eigenvalue weighted by Gasteiger charge is -2.21. The molecule has 47 heavy (non-hydrogen) atoms. The van der Waals surface area contributed by atoms with Crippen LogP contribution in [0, 0.1) is 0 Å². The van der Waals surface area contributed by atoms with Crippen molar-refractivity contribution in [2.75, 3.05) is 31.6 Å². The summed E-state index contributed by atoms with van der Waals surface area (Å²) in [5.41, 5.74) is 5.56. The topological polar surface area (TPSA) is 146 Å². The number of rotatable bonds is 16. The fourth-order valence-electron chi connectivity index (χ4n) is 4.46. The van der Waals surface area contributed by atoms with Gasteiger partial charge in [0.2, 0.25) is 15.9 Å². The first kappa shape index (κ1) is 34.5. The molecule has 0 aliphatic rings. The molecule has 3 amide bonds. The smallest absolute Gasteiger partial charge is 0.257 e. The van der Waals surface area contributed by atoms with E-state index in [1.165, 1.54) is 37.4 Å². The summed E-state index contributed by atoms with van der Waals surface area (Å²) in [6.45, 7) is 1.35. The summed E-state index contributed by atoms with van der Waals surface area (Å²) in [6, 6.07) is 31.8. The minimum Gasteiger partial charge on any atom is -0.484 e. The van der Waals surface area contributed by atoms with Crippen molar-refractivity contribution in [2.45, 2.75) is 24.7 Å². The van der Waals surface area contributed by atoms with Gasteiger partial charge in [-0.25, -0.2) is 13.8 Å². The van der Waals surface area contributed by atoms with Crippen molar-refractivity contribution in [3.05, 3.63) is 126 Å². The molecule has 0 saturated carbocycles. The highest BCUT2D eigenvalue weighted by Gasteiger charge is 2.26. The predicted octanol–water partition coefficient (Wildman–Crippen LogP) is 3.77. The predicted molar refractivity (Wildman–Crippen MR) is 180 cm³/mol.